The Bertz CT molecular complexity index is 538. The monoisotopic (exact) mass is 243 g/mol. The summed E-state index contributed by atoms with van der Waals surface area (Å²) < 4.78 is 13.5. The number of hydrogen-bond donors (Lipinski definition) is 2. The van der Waals surface area contributed by atoms with Crippen LogP contribution >= 0.6 is 0 Å². The van der Waals surface area contributed by atoms with E-state index < -0.39 is 0 Å². The molecular weight excluding hydrogens is 229 g/mol. The molecule has 18 heavy (non-hydrogen) atoms. The van der Waals surface area contributed by atoms with Crippen LogP contribution in [0.15, 0.2) is 59.6 Å². The summed E-state index contributed by atoms with van der Waals surface area (Å²) >= 11 is 0. The molecule has 2 aromatic rings. The SMILES string of the molecule is NNC(Cc1ccccc1F)=Nc1ccccc1. The number of benzene rings is 2. The molecule has 0 bridgehead atoms. The molecule has 3 N–H and O–H groups in total. The lowest BCUT2D eigenvalue weighted by Gasteiger charge is -2.06. The molecule has 2 aromatic carbocycles. The van der Waals surface area contributed by atoms with Gasteiger partial charge < -0.3 is 5.43 Å². The predicted molar refractivity (Wildman–Crippen MR) is 71.0 cm³/mol. The van der Waals surface area contributed by atoms with Gasteiger partial charge in [0, 0.05) is 6.42 Å². The maximum absolute atomic E-state index is 13.5. The maximum atomic E-state index is 13.5. The standard InChI is InChI=1S/C14H14FN3/c15-13-9-5-4-6-11(13)10-14(18-16)17-12-7-2-1-3-8-12/h1-9H,10,16H2,(H,17,18). The quantitative estimate of drug-likeness (QED) is 0.377. The summed E-state index contributed by atoms with van der Waals surface area (Å²) in [6.45, 7) is 0. The average molecular weight is 243 g/mol. The van der Waals surface area contributed by atoms with Crippen molar-refractivity contribution < 1.29 is 4.39 Å². The molecule has 0 spiro atoms. The van der Waals surface area contributed by atoms with E-state index in [0.717, 1.165) is 5.69 Å². The van der Waals surface area contributed by atoms with Crippen molar-refractivity contribution >= 4 is 11.5 Å². The smallest absolute Gasteiger partial charge is 0.126 e. The molecule has 0 heterocycles. The van der Waals surface area contributed by atoms with E-state index in [1.807, 2.05) is 30.3 Å². The fourth-order valence-corrected chi connectivity index (χ4v) is 1.60. The second kappa shape index (κ2) is 5.93. The van der Waals surface area contributed by atoms with Crippen LogP contribution in [0.1, 0.15) is 5.56 Å². The van der Waals surface area contributed by atoms with Gasteiger partial charge in [-0.2, -0.15) is 0 Å². The fraction of sp³-hybridized carbons (Fsp3) is 0.0714. The van der Waals surface area contributed by atoms with Crippen LogP contribution in [0, 0.1) is 5.82 Å². The van der Waals surface area contributed by atoms with E-state index in [0.29, 0.717) is 17.8 Å². The molecule has 92 valence electrons. The van der Waals surface area contributed by atoms with Crippen molar-refractivity contribution in [1.29, 1.82) is 0 Å². The largest absolute Gasteiger partial charge is 0.312 e. The van der Waals surface area contributed by atoms with Crippen LogP contribution in [0.3, 0.4) is 0 Å². The highest BCUT2D eigenvalue weighted by Gasteiger charge is 2.04. The van der Waals surface area contributed by atoms with Gasteiger partial charge in [0.05, 0.1) is 5.69 Å². The van der Waals surface area contributed by atoms with Crippen molar-refractivity contribution in [3.63, 3.8) is 0 Å². The van der Waals surface area contributed by atoms with Gasteiger partial charge in [0.2, 0.25) is 0 Å². The average Bonchev–Trinajstić information content (AvgIpc) is 2.41. The van der Waals surface area contributed by atoms with Gasteiger partial charge in [-0.3, -0.25) is 0 Å². The number of hydrogen-bond acceptors (Lipinski definition) is 2. The van der Waals surface area contributed by atoms with Crippen molar-refractivity contribution in [2.75, 3.05) is 0 Å². The molecular formula is C14H14FN3. The molecule has 0 aliphatic rings. The van der Waals surface area contributed by atoms with Crippen LogP contribution < -0.4 is 11.3 Å². The van der Waals surface area contributed by atoms with Gasteiger partial charge in [-0.1, -0.05) is 36.4 Å². The number of nitrogens with zero attached hydrogens (tertiary/aromatic N) is 1. The highest BCUT2D eigenvalue weighted by molar-refractivity contribution is 5.86. The summed E-state index contributed by atoms with van der Waals surface area (Å²) in [5.41, 5.74) is 3.85. The predicted octanol–water partition coefficient (Wildman–Crippen LogP) is 2.56. The lowest BCUT2D eigenvalue weighted by atomic mass is 10.1. The van der Waals surface area contributed by atoms with Crippen LogP contribution in [0.4, 0.5) is 10.1 Å². The Kier molecular flexibility index (Phi) is 4.04. The van der Waals surface area contributed by atoms with Crippen molar-refractivity contribution in [2.24, 2.45) is 10.8 Å². The van der Waals surface area contributed by atoms with Crippen molar-refractivity contribution in [1.82, 2.24) is 5.43 Å². The molecule has 2 rings (SSSR count). The summed E-state index contributed by atoms with van der Waals surface area (Å²) in [7, 11) is 0. The number of nitrogens with one attached hydrogen (secondary N) is 1. The number of halogens is 1. The van der Waals surface area contributed by atoms with Crippen molar-refractivity contribution in [2.45, 2.75) is 6.42 Å². The first-order valence-corrected chi connectivity index (χ1v) is 5.62. The van der Waals surface area contributed by atoms with E-state index in [1.54, 1.807) is 18.2 Å². The first kappa shape index (κ1) is 12.3. The number of aliphatic imine (C=N–C) groups is 1. The summed E-state index contributed by atoms with van der Waals surface area (Å²) in [4.78, 5) is 4.33. The Morgan fingerprint density at radius 1 is 1.06 bits per heavy atom. The Balaban J connectivity index is 2.20. The van der Waals surface area contributed by atoms with Gasteiger partial charge in [-0.05, 0) is 23.8 Å². The summed E-state index contributed by atoms with van der Waals surface area (Å²) in [6.07, 6.45) is 0.331. The number of amidine groups is 1. The van der Waals surface area contributed by atoms with E-state index in [2.05, 4.69) is 10.4 Å². The lowest BCUT2D eigenvalue weighted by molar-refractivity contribution is 0.615. The molecule has 0 unspecified atom stereocenters. The van der Waals surface area contributed by atoms with Gasteiger partial charge >= 0.3 is 0 Å². The second-order valence-electron chi connectivity index (χ2n) is 3.81. The minimum absolute atomic E-state index is 0.256. The summed E-state index contributed by atoms with van der Waals surface area (Å²) in [5, 5.41) is 0. The molecule has 0 aliphatic carbocycles. The lowest BCUT2D eigenvalue weighted by Crippen LogP contribution is -2.31. The zero-order valence-corrected chi connectivity index (χ0v) is 9.81. The first-order valence-electron chi connectivity index (χ1n) is 5.62. The van der Waals surface area contributed by atoms with Gasteiger partial charge in [-0.15, -0.1) is 0 Å². The number of nitrogens with two attached hydrogens (primary N) is 1. The maximum Gasteiger partial charge on any atom is 0.126 e. The molecule has 0 radical (unpaired) electrons. The van der Waals surface area contributed by atoms with E-state index in [9.17, 15) is 4.39 Å². The van der Waals surface area contributed by atoms with Crippen LogP contribution in [0.25, 0.3) is 0 Å². The minimum Gasteiger partial charge on any atom is -0.312 e. The normalized spacial score (nSPS) is 11.3. The van der Waals surface area contributed by atoms with E-state index in [1.165, 1.54) is 6.07 Å². The third kappa shape index (κ3) is 3.15. The molecule has 4 heteroatoms. The van der Waals surface area contributed by atoms with Gasteiger partial charge in [0.25, 0.3) is 0 Å². The summed E-state index contributed by atoms with van der Waals surface area (Å²) in [5.74, 6) is 5.68. The molecule has 0 aromatic heterocycles. The topological polar surface area (TPSA) is 50.4 Å². The zero-order valence-electron chi connectivity index (χ0n) is 9.81. The van der Waals surface area contributed by atoms with Crippen molar-refractivity contribution in [3.8, 4) is 0 Å². The third-order valence-electron chi connectivity index (χ3n) is 2.50. The Labute approximate surface area is 105 Å². The zero-order chi connectivity index (χ0) is 12.8. The van der Waals surface area contributed by atoms with E-state index >= 15 is 0 Å². The highest BCUT2D eigenvalue weighted by atomic mass is 19.1. The van der Waals surface area contributed by atoms with Gasteiger partial charge in [-0.25, -0.2) is 15.2 Å². The highest BCUT2D eigenvalue weighted by Crippen LogP contribution is 2.12. The Morgan fingerprint density at radius 3 is 2.39 bits per heavy atom. The number of hydrazine groups is 1. The molecule has 3 nitrogen and oxygen atoms in total. The molecule has 0 fully saturated rings. The fourth-order valence-electron chi connectivity index (χ4n) is 1.60. The molecule has 0 saturated carbocycles. The van der Waals surface area contributed by atoms with E-state index in [4.69, 9.17) is 5.84 Å². The molecule has 0 atom stereocenters. The summed E-state index contributed by atoms with van der Waals surface area (Å²) in [6, 6.07) is 16.0. The first-order chi connectivity index (χ1) is 8.79. The Morgan fingerprint density at radius 2 is 1.72 bits per heavy atom. The minimum atomic E-state index is -0.256. The van der Waals surface area contributed by atoms with Crippen LogP contribution in [0.2, 0.25) is 0 Å². The molecule has 0 saturated heterocycles. The van der Waals surface area contributed by atoms with Crippen LogP contribution in [-0.4, -0.2) is 5.84 Å². The van der Waals surface area contributed by atoms with Crippen molar-refractivity contribution in [3.05, 3.63) is 66.0 Å². The molecule has 0 amide bonds. The van der Waals surface area contributed by atoms with Crippen LogP contribution in [0.5, 0.6) is 0 Å². The van der Waals surface area contributed by atoms with Crippen LogP contribution in [-0.2, 0) is 6.42 Å². The number of para-hydroxylation sites is 1. The second-order valence-corrected chi connectivity index (χ2v) is 3.81. The van der Waals surface area contributed by atoms with E-state index in [-0.39, 0.29) is 5.82 Å². The Hall–Kier alpha value is -2.20. The number of rotatable bonds is 3. The third-order valence-corrected chi connectivity index (χ3v) is 2.50. The molecule has 0 aliphatic heterocycles. The van der Waals surface area contributed by atoms with Gasteiger partial charge in [0.1, 0.15) is 11.7 Å². The van der Waals surface area contributed by atoms with Gasteiger partial charge in [0.15, 0.2) is 0 Å².